The molecule has 88 valence electrons. The minimum Gasteiger partial charge on any atom is -0.497 e. The highest BCUT2D eigenvalue weighted by atomic mass is 16.5. The van der Waals surface area contributed by atoms with Gasteiger partial charge in [0.2, 0.25) is 0 Å². The van der Waals surface area contributed by atoms with Crippen molar-refractivity contribution >= 4 is 17.3 Å². The highest BCUT2D eigenvalue weighted by Gasteiger charge is 2.58. The molecule has 1 fully saturated rings. The zero-order chi connectivity index (χ0) is 12.0. The molecule has 0 unspecified atom stereocenters. The van der Waals surface area contributed by atoms with Crippen molar-refractivity contribution in [3.63, 3.8) is 0 Å². The molecular weight excluding hydrogens is 216 g/mol. The van der Waals surface area contributed by atoms with E-state index >= 15 is 0 Å². The molecule has 1 spiro atoms. The lowest BCUT2D eigenvalue weighted by Gasteiger charge is -2.13. The van der Waals surface area contributed by atoms with Gasteiger partial charge in [0.25, 0.3) is 5.91 Å². The van der Waals surface area contributed by atoms with Gasteiger partial charge in [0.1, 0.15) is 5.75 Å². The average molecular weight is 230 g/mol. The number of nitrogens with zero attached hydrogens (tertiary/aromatic N) is 2. The van der Waals surface area contributed by atoms with Crippen LogP contribution >= 0.6 is 0 Å². The van der Waals surface area contributed by atoms with Gasteiger partial charge in [-0.25, -0.2) is 0 Å². The first kappa shape index (κ1) is 10.3. The smallest absolute Gasteiger partial charge is 0.259 e. The molecule has 1 amide bonds. The van der Waals surface area contributed by atoms with Crippen LogP contribution in [0.4, 0.5) is 5.69 Å². The lowest BCUT2D eigenvalue weighted by Crippen LogP contribution is -2.28. The third kappa shape index (κ3) is 1.37. The molecule has 0 bridgehead atoms. The van der Waals surface area contributed by atoms with Crippen LogP contribution in [0.25, 0.3) is 0 Å². The Kier molecular flexibility index (Phi) is 2.02. The predicted molar refractivity (Wildman–Crippen MR) is 65.3 cm³/mol. The Morgan fingerprint density at radius 3 is 2.41 bits per heavy atom. The zero-order valence-electron chi connectivity index (χ0n) is 9.93. The Morgan fingerprint density at radius 1 is 1.29 bits per heavy atom. The summed E-state index contributed by atoms with van der Waals surface area (Å²) >= 11 is 0. The summed E-state index contributed by atoms with van der Waals surface area (Å²) in [5.74, 6) is 0.891. The first-order valence-corrected chi connectivity index (χ1v) is 5.72. The second-order valence-corrected chi connectivity index (χ2v) is 4.58. The fourth-order valence-corrected chi connectivity index (χ4v) is 2.25. The Labute approximate surface area is 99.9 Å². The van der Waals surface area contributed by atoms with Crippen LogP contribution in [-0.4, -0.2) is 18.7 Å². The average Bonchev–Trinajstić information content (AvgIpc) is 3.12. The van der Waals surface area contributed by atoms with Gasteiger partial charge in [-0.3, -0.25) is 4.79 Å². The van der Waals surface area contributed by atoms with Crippen molar-refractivity contribution in [3.8, 4) is 5.75 Å². The van der Waals surface area contributed by atoms with E-state index in [9.17, 15) is 4.79 Å². The standard InChI is InChI=1S/C13H14N2O2/c1-9-13(7-8-13)12(16)15(14-9)10-3-5-11(17-2)6-4-10/h3-6H,7-8H2,1-2H3. The van der Waals surface area contributed by atoms with Crippen LogP contribution in [0.2, 0.25) is 0 Å². The molecule has 0 aromatic heterocycles. The van der Waals surface area contributed by atoms with Crippen molar-refractivity contribution in [3.05, 3.63) is 24.3 Å². The lowest BCUT2D eigenvalue weighted by atomic mass is 10.0. The van der Waals surface area contributed by atoms with Crippen molar-refractivity contribution in [2.75, 3.05) is 12.1 Å². The number of methoxy groups -OCH3 is 1. The summed E-state index contributed by atoms with van der Waals surface area (Å²) in [7, 11) is 1.62. The van der Waals surface area contributed by atoms with Gasteiger partial charge in [-0.2, -0.15) is 10.1 Å². The molecule has 17 heavy (non-hydrogen) atoms. The van der Waals surface area contributed by atoms with Crippen molar-refractivity contribution in [1.29, 1.82) is 0 Å². The summed E-state index contributed by atoms with van der Waals surface area (Å²) in [4.78, 5) is 12.2. The first-order chi connectivity index (χ1) is 8.17. The highest BCUT2D eigenvalue weighted by Crippen LogP contribution is 2.52. The van der Waals surface area contributed by atoms with E-state index in [1.165, 1.54) is 5.01 Å². The van der Waals surface area contributed by atoms with Gasteiger partial charge in [-0.1, -0.05) is 0 Å². The predicted octanol–water partition coefficient (Wildman–Crippen LogP) is 2.20. The van der Waals surface area contributed by atoms with Gasteiger partial charge < -0.3 is 4.74 Å². The Morgan fingerprint density at radius 2 is 1.94 bits per heavy atom. The topological polar surface area (TPSA) is 41.9 Å². The van der Waals surface area contributed by atoms with E-state index in [-0.39, 0.29) is 11.3 Å². The fourth-order valence-electron chi connectivity index (χ4n) is 2.25. The largest absolute Gasteiger partial charge is 0.497 e. The van der Waals surface area contributed by atoms with Crippen LogP contribution < -0.4 is 9.75 Å². The van der Waals surface area contributed by atoms with Crippen LogP contribution in [0.15, 0.2) is 29.4 Å². The van der Waals surface area contributed by atoms with Crippen molar-refractivity contribution in [2.45, 2.75) is 19.8 Å². The van der Waals surface area contributed by atoms with E-state index in [4.69, 9.17) is 4.74 Å². The highest BCUT2D eigenvalue weighted by molar-refractivity contribution is 6.20. The minimum atomic E-state index is -0.264. The first-order valence-electron chi connectivity index (χ1n) is 5.72. The molecule has 1 aliphatic heterocycles. The number of benzene rings is 1. The summed E-state index contributed by atoms with van der Waals surface area (Å²) < 4.78 is 5.09. The van der Waals surface area contributed by atoms with Crippen LogP contribution in [-0.2, 0) is 4.79 Å². The maximum atomic E-state index is 12.2. The molecule has 0 saturated heterocycles. The minimum absolute atomic E-state index is 0.111. The third-order valence-corrected chi connectivity index (χ3v) is 3.61. The summed E-state index contributed by atoms with van der Waals surface area (Å²) in [5, 5.41) is 5.89. The molecule has 2 aliphatic rings. The normalized spacial score (nSPS) is 20.7. The SMILES string of the molecule is COc1ccc(N2N=C(C)C3(CC3)C2=O)cc1. The molecule has 1 aromatic rings. The molecule has 0 N–H and O–H groups in total. The third-order valence-electron chi connectivity index (χ3n) is 3.61. The number of hydrazone groups is 1. The number of hydrogen-bond acceptors (Lipinski definition) is 3. The molecule has 3 rings (SSSR count). The zero-order valence-corrected chi connectivity index (χ0v) is 9.93. The fraction of sp³-hybridized carbons (Fsp3) is 0.385. The summed E-state index contributed by atoms with van der Waals surface area (Å²) in [6.45, 7) is 1.94. The number of carbonyl (C=O) groups excluding carboxylic acids is 1. The second-order valence-electron chi connectivity index (χ2n) is 4.58. The molecule has 1 saturated carbocycles. The van der Waals surface area contributed by atoms with E-state index in [2.05, 4.69) is 5.10 Å². The van der Waals surface area contributed by atoms with Crippen LogP contribution in [0, 0.1) is 5.41 Å². The van der Waals surface area contributed by atoms with Gasteiger partial charge in [0.05, 0.1) is 23.9 Å². The van der Waals surface area contributed by atoms with Gasteiger partial charge >= 0.3 is 0 Å². The number of anilines is 1. The Bertz CT molecular complexity index is 501. The van der Waals surface area contributed by atoms with E-state index in [0.29, 0.717) is 0 Å². The number of ether oxygens (including phenoxy) is 1. The van der Waals surface area contributed by atoms with Gasteiger partial charge in [0, 0.05) is 0 Å². The number of rotatable bonds is 2. The molecule has 0 atom stereocenters. The van der Waals surface area contributed by atoms with Crippen LogP contribution in [0.5, 0.6) is 5.75 Å². The van der Waals surface area contributed by atoms with E-state index in [0.717, 1.165) is 30.0 Å². The molecule has 4 nitrogen and oxygen atoms in total. The molecule has 1 aliphatic carbocycles. The van der Waals surface area contributed by atoms with Gasteiger partial charge in [0.15, 0.2) is 0 Å². The monoisotopic (exact) mass is 230 g/mol. The summed E-state index contributed by atoms with van der Waals surface area (Å²) in [6, 6.07) is 7.39. The molecule has 0 radical (unpaired) electrons. The van der Waals surface area contributed by atoms with Crippen molar-refractivity contribution in [2.24, 2.45) is 10.5 Å². The lowest BCUT2D eigenvalue weighted by molar-refractivity contribution is -0.120. The summed E-state index contributed by atoms with van der Waals surface area (Å²) in [5.41, 5.74) is 1.48. The number of hydrogen-bond donors (Lipinski definition) is 0. The summed E-state index contributed by atoms with van der Waals surface area (Å²) in [6.07, 6.45) is 1.88. The maximum Gasteiger partial charge on any atom is 0.259 e. The van der Waals surface area contributed by atoms with Gasteiger partial charge in [-0.15, -0.1) is 0 Å². The van der Waals surface area contributed by atoms with Crippen molar-refractivity contribution < 1.29 is 9.53 Å². The molecule has 4 heteroatoms. The Balaban J connectivity index is 1.92. The Hall–Kier alpha value is -1.84. The molecule has 1 heterocycles. The van der Waals surface area contributed by atoms with E-state index in [1.807, 2.05) is 31.2 Å². The maximum absolute atomic E-state index is 12.2. The van der Waals surface area contributed by atoms with E-state index < -0.39 is 0 Å². The van der Waals surface area contributed by atoms with Crippen molar-refractivity contribution in [1.82, 2.24) is 0 Å². The second kappa shape index (κ2) is 3.32. The van der Waals surface area contributed by atoms with Gasteiger partial charge in [-0.05, 0) is 44.0 Å². The number of carbonyl (C=O) groups is 1. The van der Waals surface area contributed by atoms with E-state index in [1.54, 1.807) is 7.11 Å². The van der Waals surface area contributed by atoms with Crippen LogP contribution in [0.1, 0.15) is 19.8 Å². The quantitative estimate of drug-likeness (QED) is 0.781. The molecular formula is C13H14N2O2. The molecule has 1 aromatic carbocycles. The number of amides is 1. The van der Waals surface area contributed by atoms with Crippen LogP contribution in [0.3, 0.4) is 0 Å².